The molecule has 1 amide bonds. The van der Waals surface area contributed by atoms with Gasteiger partial charge in [0, 0.05) is 25.0 Å². The molecule has 1 saturated carbocycles. The van der Waals surface area contributed by atoms with Gasteiger partial charge in [-0.25, -0.2) is 0 Å². The molecule has 2 fully saturated rings. The Morgan fingerprint density at radius 1 is 1.40 bits per heavy atom. The van der Waals surface area contributed by atoms with Crippen LogP contribution in [0.5, 0.6) is 0 Å². The number of pyridine rings is 1. The summed E-state index contributed by atoms with van der Waals surface area (Å²) in [5, 5.41) is 3.44. The molecule has 2 heterocycles. The molecule has 4 heteroatoms. The fraction of sp³-hybridized carbons (Fsp3) is 0.625. The highest BCUT2D eigenvalue weighted by atomic mass is 16.2. The third-order valence-electron chi connectivity index (χ3n) is 4.22. The summed E-state index contributed by atoms with van der Waals surface area (Å²) < 4.78 is 0. The van der Waals surface area contributed by atoms with Crippen molar-refractivity contribution in [3.05, 3.63) is 29.6 Å². The van der Waals surface area contributed by atoms with Crippen molar-refractivity contribution < 1.29 is 4.79 Å². The van der Waals surface area contributed by atoms with Crippen molar-refractivity contribution in [3.8, 4) is 0 Å². The number of carbonyl (C=O) groups excluding carboxylic acids is 1. The van der Waals surface area contributed by atoms with Crippen LogP contribution in [-0.4, -0.2) is 41.5 Å². The Morgan fingerprint density at radius 3 is 2.90 bits per heavy atom. The van der Waals surface area contributed by atoms with E-state index in [1.54, 1.807) is 12.4 Å². The predicted octanol–water partition coefficient (Wildman–Crippen LogP) is 1.99. The second-order valence-electron chi connectivity index (χ2n) is 6.15. The molecule has 20 heavy (non-hydrogen) atoms. The van der Waals surface area contributed by atoms with Gasteiger partial charge in [0.25, 0.3) is 5.91 Å². The number of nitrogens with zero attached hydrogens (tertiary/aromatic N) is 2. The van der Waals surface area contributed by atoms with Crippen molar-refractivity contribution in [2.75, 3.05) is 19.6 Å². The standard InChI is InChI=1S/C16H23N3O/c1-12-7-14(10-18-8-12)16(20)19(15-4-5-15)11-13-3-2-6-17-9-13/h7-8,10,13,15,17H,2-6,9,11H2,1H3. The highest BCUT2D eigenvalue weighted by molar-refractivity contribution is 5.94. The van der Waals surface area contributed by atoms with Crippen LogP contribution in [0.1, 0.15) is 41.6 Å². The third-order valence-corrected chi connectivity index (χ3v) is 4.22. The Bertz CT molecular complexity index is 478. The molecule has 0 aromatic carbocycles. The highest BCUT2D eigenvalue weighted by Crippen LogP contribution is 2.30. The second-order valence-corrected chi connectivity index (χ2v) is 6.15. The van der Waals surface area contributed by atoms with Crippen LogP contribution in [0.15, 0.2) is 18.5 Å². The Labute approximate surface area is 120 Å². The number of aromatic nitrogens is 1. The lowest BCUT2D eigenvalue weighted by Gasteiger charge is -2.30. The van der Waals surface area contributed by atoms with E-state index in [4.69, 9.17) is 0 Å². The summed E-state index contributed by atoms with van der Waals surface area (Å²) >= 11 is 0. The lowest BCUT2D eigenvalue weighted by atomic mass is 9.98. The lowest BCUT2D eigenvalue weighted by molar-refractivity contribution is 0.0703. The first-order chi connectivity index (χ1) is 9.74. The Hall–Kier alpha value is -1.42. The van der Waals surface area contributed by atoms with Gasteiger partial charge in [-0.3, -0.25) is 9.78 Å². The summed E-state index contributed by atoms with van der Waals surface area (Å²) in [5.74, 6) is 0.764. The molecule has 1 saturated heterocycles. The molecule has 4 nitrogen and oxygen atoms in total. The maximum atomic E-state index is 12.7. The number of nitrogens with one attached hydrogen (secondary N) is 1. The number of piperidine rings is 1. The van der Waals surface area contributed by atoms with E-state index in [1.165, 1.54) is 12.8 Å². The van der Waals surface area contributed by atoms with Gasteiger partial charge in [-0.2, -0.15) is 0 Å². The van der Waals surface area contributed by atoms with E-state index in [0.29, 0.717) is 12.0 Å². The highest BCUT2D eigenvalue weighted by Gasteiger charge is 2.34. The first kappa shape index (κ1) is 13.6. The van der Waals surface area contributed by atoms with E-state index in [2.05, 4.69) is 15.2 Å². The van der Waals surface area contributed by atoms with Crippen LogP contribution in [0.25, 0.3) is 0 Å². The normalized spacial score (nSPS) is 22.6. The van der Waals surface area contributed by atoms with Crippen LogP contribution < -0.4 is 5.32 Å². The zero-order valence-electron chi connectivity index (χ0n) is 12.1. The van der Waals surface area contributed by atoms with Crippen molar-refractivity contribution in [2.45, 2.75) is 38.6 Å². The average molecular weight is 273 g/mol. The number of amides is 1. The molecule has 1 unspecified atom stereocenters. The SMILES string of the molecule is Cc1cncc(C(=O)N(CC2CCCNC2)C2CC2)c1. The van der Waals surface area contributed by atoms with Gasteiger partial charge in [-0.05, 0) is 63.2 Å². The maximum absolute atomic E-state index is 12.7. The zero-order valence-corrected chi connectivity index (χ0v) is 12.1. The topological polar surface area (TPSA) is 45.2 Å². The van der Waals surface area contributed by atoms with E-state index in [1.807, 2.05) is 13.0 Å². The van der Waals surface area contributed by atoms with Crippen molar-refractivity contribution in [1.82, 2.24) is 15.2 Å². The molecular formula is C16H23N3O. The molecule has 1 aromatic heterocycles. The minimum Gasteiger partial charge on any atom is -0.335 e. The van der Waals surface area contributed by atoms with Crippen LogP contribution in [-0.2, 0) is 0 Å². The molecule has 0 bridgehead atoms. The van der Waals surface area contributed by atoms with Gasteiger partial charge in [0.2, 0.25) is 0 Å². The summed E-state index contributed by atoms with van der Waals surface area (Å²) in [6, 6.07) is 2.41. The van der Waals surface area contributed by atoms with Crippen molar-refractivity contribution in [3.63, 3.8) is 0 Å². The molecule has 0 spiro atoms. The molecule has 1 aliphatic carbocycles. The summed E-state index contributed by atoms with van der Waals surface area (Å²) in [5.41, 5.74) is 1.78. The molecule has 0 radical (unpaired) electrons. The van der Waals surface area contributed by atoms with Crippen LogP contribution >= 0.6 is 0 Å². The quantitative estimate of drug-likeness (QED) is 0.912. The first-order valence-electron chi connectivity index (χ1n) is 7.67. The zero-order chi connectivity index (χ0) is 13.9. The van der Waals surface area contributed by atoms with E-state index in [9.17, 15) is 4.79 Å². The summed E-state index contributed by atoms with van der Waals surface area (Å²) in [6.45, 7) is 5.04. The van der Waals surface area contributed by atoms with E-state index < -0.39 is 0 Å². The third kappa shape index (κ3) is 3.18. The Balaban J connectivity index is 1.71. The summed E-state index contributed by atoms with van der Waals surface area (Å²) in [7, 11) is 0. The molecule has 108 valence electrons. The van der Waals surface area contributed by atoms with Crippen molar-refractivity contribution >= 4 is 5.91 Å². The van der Waals surface area contributed by atoms with Gasteiger partial charge in [-0.15, -0.1) is 0 Å². The van der Waals surface area contributed by atoms with E-state index >= 15 is 0 Å². The molecule has 1 aromatic rings. The van der Waals surface area contributed by atoms with Gasteiger partial charge >= 0.3 is 0 Å². The van der Waals surface area contributed by atoms with Crippen molar-refractivity contribution in [1.29, 1.82) is 0 Å². The number of hydrogen-bond acceptors (Lipinski definition) is 3. The monoisotopic (exact) mass is 273 g/mol. The predicted molar refractivity (Wildman–Crippen MR) is 78.6 cm³/mol. The molecular weight excluding hydrogens is 250 g/mol. The Morgan fingerprint density at radius 2 is 2.25 bits per heavy atom. The number of hydrogen-bond donors (Lipinski definition) is 1. The molecule has 1 aliphatic heterocycles. The van der Waals surface area contributed by atoms with Gasteiger partial charge in [-0.1, -0.05) is 0 Å². The summed E-state index contributed by atoms with van der Waals surface area (Å²) in [6.07, 6.45) is 8.27. The Kier molecular flexibility index (Phi) is 4.01. The first-order valence-corrected chi connectivity index (χ1v) is 7.67. The van der Waals surface area contributed by atoms with E-state index in [0.717, 1.165) is 43.6 Å². The lowest BCUT2D eigenvalue weighted by Crippen LogP contribution is -2.42. The van der Waals surface area contributed by atoms with Crippen LogP contribution in [0.3, 0.4) is 0 Å². The van der Waals surface area contributed by atoms with Crippen molar-refractivity contribution in [2.24, 2.45) is 5.92 Å². The fourth-order valence-corrected chi connectivity index (χ4v) is 2.98. The van der Waals surface area contributed by atoms with Gasteiger partial charge in [0.15, 0.2) is 0 Å². The molecule has 2 aliphatic rings. The van der Waals surface area contributed by atoms with Crippen LogP contribution in [0.4, 0.5) is 0 Å². The minimum atomic E-state index is 0.161. The van der Waals surface area contributed by atoms with Gasteiger partial charge in [0.1, 0.15) is 0 Å². The van der Waals surface area contributed by atoms with Gasteiger partial charge in [0.05, 0.1) is 5.56 Å². The smallest absolute Gasteiger partial charge is 0.255 e. The average Bonchev–Trinajstić information content (AvgIpc) is 3.30. The minimum absolute atomic E-state index is 0.161. The molecule has 1 atom stereocenters. The van der Waals surface area contributed by atoms with E-state index in [-0.39, 0.29) is 5.91 Å². The molecule has 1 N–H and O–H groups in total. The number of rotatable bonds is 4. The largest absolute Gasteiger partial charge is 0.335 e. The maximum Gasteiger partial charge on any atom is 0.255 e. The molecule has 3 rings (SSSR count). The second kappa shape index (κ2) is 5.92. The number of carbonyl (C=O) groups is 1. The van der Waals surface area contributed by atoms with Crippen LogP contribution in [0, 0.1) is 12.8 Å². The van der Waals surface area contributed by atoms with Gasteiger partial charge < -0.3 is 10.2 Å². The van der Waals surface area contributed by atoms with Crippen LogP contribution in [0.2, 0.25) is 0 Å². The number of aryl methyl sites for hydroxylation is 1. The summed E-state index contributed by atoms with van der Waals surface area (Å²) in [4.78, 5) is 19.0. The fourth-order valence-electron chi connectivity index (χ4n) is 2.98.